The quantitative estimate of drug-likeness (QED) is 0.283. The van der Waals surface area contributed by atoms with Crippen molar-refractivity contribution in [2.45, 2.75) is 64.2 Å². The molecule has 2 rings (SSSR count). The van der Waals surface area contributed by atoms with Crippen LogP contribution in [-0.2, 0) is 0 Å². The Balaban J connectivity index is 1.30. The largest absolute Gasteiger partial charge is 0.494 e. The van der Waals surface area contributed by atoms with E-state index in [4.69, 9.17) is 20.9 Å². The molecule has 4 heteroatoms. The van der Waals surface area contributed by atoms with E-state index in [0.29, 0.717) is 0 Å². The fourth-order valence-electron chi connectivity index (χ4n) is 3.13. The van der Waals surface area contributed by atoms with E-state index in [-0.39, 0.29) is 0 Å². The summed E-state index contributed by atoms with van der Waals surface area (Å²) in [5.41, 5.74) is 12.9. The highest BCUT2D eigenvalue weighted by Crippen LogP contribution is 2.16. The van der Waals surface area contributed by atoms with Crippen LogP contribution in [0.3, 0.4) is 0 Å². The van der Waals surface area contributed by atoms with Gasteiger partial charge in [-0.05, 0) is 61.4 Å². The minimum absolute atomic E-state index is 0.777. The van der Waals surface area contributed by atoms with Crippen LogP contribution < -0.4 is 20.9 Å². The van der Waals surface area contributed by atoms with Crippen molar-refractivity contribution in [2.75, 3.05) is 24.7 Å². The minimum atomic E-state index is 0.777. The Labute approximate surface area is 170 Å². The second-order valence-electron chi connectivity index (χ2n) is 7.37. The van der Waals surface area contributed by atoms with E-state index < -0.39 is 0 Å². The van der Waals surface area contributed by atoms with Crippen LogP contribution in [0.4, 0.5) is 11.4 Å². The van der Waals surface area contributed by atoms with Gasteiger partial charge in [-0.25, -0.2) is 0 Å². The molecule has 0 aliphatic heterocycles. The highest BCUT2D eigenvalue weighted by atomic mass is 16.5. The molecule has 4 nitrogen and oxygen atoms in total. The summed E-state index contributed by atoms with van der Waals surface area (Å²) in [6.45, 7) is 1.59. The van der Waals surface area contributed by atoms with Gasteiger partial charge in [-0.1, -0.05) is 51.4 Å². The zero-order chi connectivity index (χ0) is 19.9. The molecule has 0 aliphatic carbocycles. The fraction of sp³-hybridized carbons (Fsp3) is 0.500. The second-order valence-corrected chi connectivity index (χ2v) is 7.37. The van der Waals surface area contributed by atoms with Crippen LogP contribution in [0, 0.1) is 0 Å². The van der Waals surface area contributed by atoms with Gasteiger partial charge in [-0.2, -0.15) is 0 Å². The summed E-state index contributed by atoms with van der Waals surface area (Å²) in [4.78, 5) is 0. The van der Waals surface area contributed by atoms with Crippen LogP contribution in [-0.4, -0.2) is 13.2 Å². The zero-order valence-corrected chi connectivity index (χ0v) is 17.1. The Morgan fingerprint density at radius 3 is 1.04 bits per heavy atom. The van der Waals surface area contributed by atoms with Crippen molar-refractivity contribution in [1.29, 1.82) is 0 Å². The molecule has 154 valence electrons. The molecule has 0 radical (unpaired) electrons. The van der Waals surface area contributed by atoms with Gasteiger partial charge in [0, 0.05) is 11.4 Å². The fourth-order valence-corrected chi connectivity index (χ4v) is 3.13. The van der Waals surface area contributed by atoms with Gasteiger partial charge in [0.15, 0.2) is 0 Å². The van der Waals surface area contributed by atoms with E-state index in [1.807, 2.05) is 48.5 Å². The maximum atomic E-state index is 5.71. The van der Waals surface area contributed by atoms with Crippen LogP contribution in [0.5, 0.6) is 11.5 Å². The predicted molar refractivity (Wildman–Crippen MR) is 119 cm³/mol. The summed E-state index contributed by atoms with van der Waals surface area (Å²) in [6.07, 6.45) is 12.7. The number of rotatable bonds is 15. The molecule has 2 aromatic rings. The smallest absolute Gasteiger partial charge is 0.119 e. The summed E-state index contributed by atoms with van der Waals surface area (Å²) in [6, 6.07) is 15.2. The van der Waals surface area contributed by atoms with Crippen LogP contribution in [0.1, 0.15) is 64.2 Å². The van der Waals surface area contributed by atoms with Gasteiger partial charge in [-0.15, -0.1) is 0 Å². The lowest BCUT2D eigenvalue weighted by Gasteiger charge is -2.07. The van der Waals surface area contributed by atoms with E-state index in [2.05, 4.69) is 0 Å². The highest BCUT2D eigenvalue weighted by Gasteiger charge is 1.97. The molecular formula is C24H36N2O2. The first-order valence-electron chi connectivity index (χ1n) is 10.7. The molecule has 0 atom stereocenters. The average molecular weight is 385 g/mol. The minimum Gasteiger partial charge on any atom is -0.494 e. The molecule has 0 unspecified atom stereocenters. The Bertz CT molecular complexity index is 569. The number of hydrogen-bond donors (Lipinski definition) is 2. The summed E-state index contributed by atoms with van der Waals surface area (Å²) >= 11 is 0. The third-order valence-corrected chi connectivity index (χ3v) is 4.84. The van der Waals surface area contributed by atoms with E-state index in [1.54, 1.807) is 0 Å². The summed E-state index contributed by atoms with van der Waals surface area (Å²) in [7, 11) is 0. The molecule has 0 heterocycles. The van der Waals surface area contributed by atoms with Gasteiger partial charge < -0.3 is 20.9 Å². The molecule has 4 N–H and O–H groups in total. The van der Waals surface area contributed by atoms with E-state index >= 15 is 0 Å². The van der Waals surface area contributed by atoms with Crippen molar-refractivity contribution in [3.8, 4) is 11.5 Å². The first-order chi connectivity index (χ1) is 13.7. The van der Waals surface area contributed by atoms with Gasteiger partial charge in [-0.3, -0.25) is 0 Å². The summed E-state index contributed by atoms with van der Waals surface area (Å²) in [5.74, 6) is 1.82. The topological polar surface area (TPSA) is 70.5 Å². The van der Waals surface area contributed by atoms with Gasteiger partial charge in [0.2, 0.25) is 0 Å². The first-order valence-corrected chi connectivity index (χ1v) is 10.7. The number of unbranched alkanes of at least 4 members (excludes halogenated alkanes) is 9. The molecule has 0 fully saturated rings. The van der Waals surface area contributed by atoms with Crippen molar-refractivity contribution >= 4 is 11.4 Å². The lowest BCUT2D eigenvalue weighted by Crippen LogP contribution is -1.97. The molecule has 0 saturated heterocycles. The maximum absolute atomic E-state index is 5.71. The molecule has 0 aromatic heterocycles. The number of nitrogens with two attached hydrogens (primary N) is 2. The third-order valence-electron chi connectivity index (χ3n) is 4.84. The molecule has 2 aromatic carbocycles. The Morgan fingerprint density at radius 1 is 0.429 bits per heavy atom. The highest BCUT2D eigenvalue weighted by molar-refractivity contribution is 5.42. The number of anilines is 2. The van der Waals surface area contributed by atoms with Crippen molar-refractivity contribution in [3.63, 3.8) is 0 Å². The van der Waals surface area contributed by atoms with Gasteiger partial charge in [0.25, 0.3) is 0 Å². The average Bonchev–Trinajstić information content (AvgIpc) is 2.71. The van der Waals surface area contributed by atoms with Gasteiger partial charge in [0.05, 0.1) is 13.2 Å². The van der Waals surface area contributed by atoms with E-state index in [1.165, 1.54) is 51.4 Å². The molecule has 28 heavy (non-hydrogen) atoms. The lowest BCUT2D eigenvalue weighted by atomic mass is 10.1. The van der Waals surface area contributed by atoms with E-state index in [9.17, 15) is 0 Å². The van der Waals surface area contributed by atoms with Crippen LogP contribution in [0.15, 0.2) is 48.5 Å². The molecule has 0 aliphatic rings. The number of ether oxygens (including phenoxy) is 2. The molecular weight excluding hydrogens is 348 g/mol. The van der Waals surface area contributed by atoms with Crippen molar-refractivity contribution in [2.24, 2.45) is 0 Å². The Morgan fingerprint density at radius 2 is 0.714 bits per heavy atom. The Kier molecular flexibility index (Phi) is 10.8. The number of hydrogen-bond acceptors (Lipinski definition) is 4. The van der Waals surface area contributed by atoms with E-state index in [0.717, 1.165) is 48.9 Å². The standard InChI is InChI=1S/C24H36N2O2/c25-21-11-15-23(16-12-21)27-19-9-7-5-3-1-2-4-6-8-10-20-28-24-17-13-22(26)14-18-24/h11-18H,1-10,19-20,25-26H2. The van der Waals surface area contributed by atoms with Gasteiger partial charge in [0.1, 0.15) is 11.5 Å². The maximum Gasteiger partial charge on any atom is 0.119 e. The van der Waals surface area contributed by atoms with Crippen molar-refractivity contribution < 1.29 is 9.47 Å². The molecule has 0 spiro atoms. The number of nitrogen functional groups attached to an aromatic ring is 2. The third kappa shape index (κ3) is 10.1. The monoisotopic (exact) mass is 384 g/mol. The first kappa shape index (κ1) is 21.9. The zero-order valence-electron chi connectivity index (χ0n) is 17.1. The molecule has 0 bridgehead atoms. The van der Waals surface area contributed by atoms with Crippen LogP contribution in [0.2, 0.25) is 0 Å². The summed E-state index contributed by atoms with van der Waals surface area (Å²) < 4.78 is 11.4. The van der Waals surface area contributed by atoms with Gasteiger partial charge >= 0.3 is 0 Å². The van der Waals surface area contributed by atoms with Crippen LogP contribution in [0.25, 0.3) is 0 Å². The van der Waals surface area contributed by atoms with Crippen molar-refractivity contribution in [3.05, 3.63) is 48.5 Å². The number of benzene rings is 2. The van der Waals surface area contributed by atoms with Crippen LogP contribution >= 0.6 is 0 Å². The molecule has 0 saturated carbocycles. The van der Waals surface area contributed by atoms with Crippen molar-refractivity contribution in [1.82, 2.24) is 0 Å². The summed E-state index contributed by atoms with van der Waals surface area (Å²) in [5, 5.41) is 0. The lowest BCUT2D eigenvalue weighted by molar-refractivity contribution is 0.303. The second kappa shape index (κ2) is 13.8. The predicted octanol–water partition coefficient (Wildman–Crippen LogP) is 6.21. The molecule has 0 amide bonds. The Hall–Kier alpha value is -2.36. The normalized spacial score (nSPS) is 10.7. The SMILES string of the molecule is Nc1ccc(OCCCCCCCCCCCCOc2ccc(N)cc2)cc1.